The van der Waals surface area contributed by atoms with Crippen LogP contribution in [0, 0.1) is 26.7 Å². The molecule has 4 fully saturated rings. The van der Waals surface area contributed by atoms with Gasteiger partial charge in [0.25, 0.3) is 0 Å². The molecule has 1 aromatic rings. The summed E-state index contributed by atoms with van der Waals surface area (Å²) in [7, 11) is 1.50. The Morgan fingerprint density at radius 2 is 1.73 bits per heavy atom. The van der Waals surface area contributed by atoms with Crippen molar-refractivity contribution in [3.05, 3.63) is 32.9 Å². The van der Waals surface area contributed by atoms with Gasteiger partial charge >= 0.3 is 0 Å². The van der Waals surface area contributed by atoms with E-state index in [-0.39, 0.29) is 55.6 Å². The van der Waals surface area contributed by atoms with Crippen LogP contribution in [0.2, 0.25) is 0 Å². The van der Waals surface area contributed by atoms with Crippen LogP contribution in [0.25, 0.3) is 0 Å². The fourth-order valence-corrected chi connectivity index (χ4v) is 9.56. The molecule has 45 heavy (non-hydrogen) atoms. The molecule has 4 bridgehead atoms. The van der Waals surface area contributed by atoms with Crippen LogP contribution < -0.4 is 14.8 Å². The zero-order chi connectivity index (χ0) is 32.3. The maximum Gasteiger partial charge on any atom is 0.247 e. The summed E-state index contributed by atoms with van der Waals surface area (Å²) in [6.45, 7) is 1.71. The Labute approximate surface area is 279 Å². The third kappa shape index (κ3) is 7.85. The molecule has 0 heterocycles. The predicted molar refractivity (Wildman–Crippen MR) is 175 cm³/mol. The maximum absolute atomic E-state index is 14.1. The number of carbonyl (C=O) groups excluding carboxylic acids is 3. The lowest BCUT2D eigenvalue weighted by atomic mass is 9.49. The first-order valence-electron chi connectivity index (χ1n) is 16.3. The van der Waals surface area contributed by atoms with Gasteiger partial charge in [0.2, 0.25) is 11.8 Å². The smallest absolute Gasteiger partial charge is 0.247 e. The van der Waals surface area contributed by atoms with E-state index in [0.717, 1.165) is 19.3 Å². The Balaban J connectivity index is 1.48. The summed E-state index contributed by atoms with van der Waals surface area (Å²) in [6, 6.07) is 2.70. The average molecular weight is 739 g/mol. The topological polar surface area (TPSA) is 146 Å². The monoisotopic (exact) mass is 738 g/mol. The van der Waals surface area contributed by atoms with Gasteiger partial charge in [-0.1, -0.05) is 0 Å². The van der Waals surface area contributed by atoms with Gasteiger partial charge in [-0.15, -0.1) is 0 Å². The molecule has 0 radical (unpaired) electrons. The summed E-state index contributed by atoms with van der Waals surface area (Å²) >= 11 is 2.09. The molecule has 6 rings (SSSR count). The summed E-state index contributed by atoms with van der Waals surface area (Å²) < 4.78 is 12.6. The van der Waals surface area contributed by atoms with Gasteiger partial charge in [0.1, 0.15) is 18.0 Å². The van der Waals surface area contributed by atoms with Gasteiger partial charge in [-0.05, 0) is 121 Å². The number of benzene rings is 1. The number of aliphatic hydroxyl groups excluding tert-OH is 3. The molecule has 0 aromatic heterocycles. The molecule has 3 atom stereocenters. The number of ketones is 1. The molecule has 10 nitrogen and oxygen atoms in total. The van der Waals surface area contributed by atoms with Crippen molar-refractivity contribution >= 4 is 40.2 Å². The molecule has 1 aromatic carbocycles. The third-order valence-electron chi connectivity index (χ3n) is 10.3. The number of nitrogens with one attached hydrogen (secondary N) is 1. The van der Waals surface area contributed by atoms with Crippen LogP contribution >= 0.6 is 22.6 Å². The summed E-state index contributed by atoms with van der Waals surface area (Å²) in [5.74, 6) is 2.30. The van der Waals surface area contributed by atoms with E-state index in [0.29, 0.717) is 63.3 Å². The van der Waals surface area contributed by atoms with E-state index in [4.69, 9.17) is 9.47 Å². The fourth-order valence-electron chi connectivity index (χ4n) is 8.76. The SMILES string of the molecule is COc1cc(CO)cc(I)c1OC1C=C(C(=O)NCCO)CC(N(CC23CC4CC(CC(C4)C2)C3)C(=O)CCCC(C)=O)C1O. The van der Waals surface area contributed by atoms with Gasteiger partial charge in [-0.3, -0.25) is 9.59 Å². The molecular formula is C34H47IN2O8. The number of nitrogens with zero attached hydrogens (tertiary/aromatic N) is 1. The van der Waals surface area contributed by atoms with E-state index in [1.807, 2.05) is 4.90 Å². The van der Waals surface area contributed by atoms with E-state index in [1.54, 1.807) is 18.2 Å². The zero-order valence-corrected chi connectivity index (χ0v) is 28.5. The molecule has 0 saturated heterocycles. The van der Waals surface area contributed by atoms with E-state index < -0.39 is 18.2 Å². The van der Waals surface area contributed by atoms with Gasteiger partial charge in [0.15, 0.2) is 11.5 Å². The lowest BCUT2D eigenvalue weighted by molar-refractivity contribution is -0.147. The van der Waals surface area contributed by atoms with Crippen LogP contribution in [0.15, 0.2) is 23.8 Å². The number of hydrogen-bond acceptors (Lipinski definition) is 8. The Kier molecular flexibility index (Phi) is 11.1. The molecule has 248 valence electrons. The molecule has 5 aliphatic carbocycles. The normalized spacial score (nSPS) is 30.0. The summed E-state index contributed by atoms with van der Waals surface area (Å²) in [5, 5.41) is 33.8. The second-order valence-corrected chi connectivity index (χ2v) is 14.9. The minimum Gasteiger partial charge on any atom is -0.493 e. The van der Waals surface area contributed by atoms with E-state index >= 15 is 0 Å². The van der Waals surface area contributed by atoms with E-state index in [2.05, 4.69) is 27.9 Å². The molecule has 4 N–H and O–H groups in total. The third-order valence-corrected chi connectivity index (χ3v) is 11.1. The highest BCUT2D eigenvalue weighted by atomic mass is 127. The van der Waals surface area contributed by atoms with Crippen LogP contribution in [0.4, 0.5) is 0 Å². The van der Waals surface area contributed by atoms with Gasteiger partial charge in [-0.2, -0.15) is 0 Å². The number of aliphatic hydroxyl groups is 3. The lowest BCUT2D eigenvalue weighted by Crippen LogP contribution is -2.59. The molecular weight excluding hydrogens is 691 g/mol. The number of hydrogen-bond donors (Lipinski definition) is 4. The minimum absolute atomic E-state index is 0.0136. The Hall–Kier alpha value is -2.22. The largest absolute Gasteiger partial charge is 0.493 e. The first kappa shape index (κ1) is 34.1. The fraction of sp³-hybridized carbons (Fsp3) is 0.676. The average Bonchev–Trinajstić information content (AvgIpc) is 2.99. The molecule has 0 aliphatic heterocycles. The van der Waals surface area contributed by atoms with Crippen molar-refractivity contribution in [1.29, 1.82) is 0 Å². The van der Waals surface area contributed by atoms with Crippen molar-refractivity contribution in [3.63, 3.8) is 0 Å². The lowest BCUT2D eigenvalue weighted by Gasteiger charge is -2.58. The minimum atomic E-state index is -1.15. The van der Waals surface area contributed by atoms with Crippen LogP contribution in [-0.2, 0) is 21.0 Å². The van der Waals surface area contributed by atoms with E-state index in [9.17, 15) is 29.7 Å². The van der Waals surface area contributed by atoms with Gasteiger partial charge in [0, 0.05) is 37.9 Å². The molecule has 11 heteroatoms. The van der Waals surface area contributed by atoms with Gasteiger partial charge in [0.05, 0.1) is 29.9 Å². The molecule has 5 aliphatic rings. The van der Waals surface area contributed by atoms with Gasteiger partial charge in [-0.25, -0.2) is 0 Å². The predicted octanol–water partition coefficient (Wildman–Crippen LogP) is 3.51. The number of ether oxygens (including phenoxy) is 2. The van der Waals surface area contributed by atoms with Crippen molar-refractivity contribution in [2.24, 2.45) is 23.2 Å². The van der Waals surface area contributed by atoms with Crippen molar-refractivity contribution in [3.8, 4) is 11.5 Å². The first-order valence-corrected chi connectivity index (χ1v) is 17.3. The first-order chi connectivity index (χ1) is 21.5. The summed E-state index contributed by atoms with van der Waals surface area (Å²) in [5.41, 5.74) is 1.00. The Bertz CT molecular complexity index is 1260. The maximum atomic E-state index is 14.1. The standard InChI is InChI=1S/C34H47IN2O8/c1-20(40)4-3-5-30(41)37(19-34-15-21-8-22(16-34)10-23(9-21)17-34)27-13-25(33(43)36-6-7-38)14-28(31(27)42)45-32-26(35)11-24(18-39)12-29(32)44-2/h11-12,14,21-23,27-28,31,38-39,42H,3-10,13,15-19H2,1-2H3,(H,36,43). The molecule has 3 unspecified atom stereocenters. The number of amides is 2. The highest BCUT2D eigenvalue weighted by molar-refractivity contribution is 14.1. The zero-order valence-electron chi connectivity index (χ0n) is 26.3. The van der Waals surface area contributed by atoms with Gasteiger partial charge < -0.3 is 39.8 Å². The highest BCUT2D eigenvalue weighted by Crippen LogP contribution is 2.60. The Morgan fingerprint density at radius 1 is 1.07 bits per heavy atom. The second-order valence-electron chi connectivity index (χ2n) is 13.8. The molecule has 4 saturated carbocycles. The highest BCUT2D eigenvalue weighted by Gasteiger charge is 2.53. The summed E-state index contributed by atoms with van der Waals surface area (Å²) in [6.07, 6.45) is 7.56. The quantitative estimate of drug-likeness (QED) is 0.213. The van der Waals surface area contributed by atoms with Crippen molar-refractivity contribution in [2.45, 2.75) is 96.0 Å². The number of methoxy groups -OCH3 is 1. The molecule has 0 spiro atoms. The van der Waals surface area contributed by atoms with Crippen molar-refractivity contribution in [2.75, 3.05) is 26.8 Å². The van der Waals surface area contributed by atoms with Crippen LogP contribution in [0.1, 0.15) is 76.7 Å². The number of carbonyl (C=O) groups is 3. The van der Waals surface area contributed by atoms with Crippen molar-refractivity contribution in [1.82, 2.24) is 10.2 Å². The summed E-state index contributed by atoms with van der Waals surface area (Å²) in [4.78, 5) is 40.9. The molecule has 2 amide bonds. The van der Waals surface area contributed by atoms with Crippen LogP contribution in [0.3, 0.4) is 0 Å². The van der Waals surface area contributed by atoms with Crippen molar-refractivity contribution < 1.29 is 39.2 Å². The number of rotatable bonds is 14. The van der Waals surface area contributed by atoms with Crippen LogP contribution in [0.5, 0.6) is 11.5 Å². The van der Waals surface area contributed by atoms with Crippen LogP contribution in [-0.4, -0.2) is 82.9 Å². The Morgan fingerprint density at radius 3 is 2.31 bits per heavy atom. The van der Waals surface area contributed by atoms with E-state index in [1.165, 1.54) is 33.3 Å². The number of halogens is 1. The second kappa shape index (κ2) is 14.7. The number of Topliss-reactive ketones (excluding diaryl/α,β-unsaturated/α-hetero) is 1.